The molecule has 0 saturated carbocycles. The van der Waals surface area contributed by atoms with Gasteiger partial charge in [0.25, 0.3) is 0 Å². The first-order valence-corrected chi connectivity index (χ1v) is 8.51. The first kappa shape index (κ1) is 16.9. The summed E-state index contributed by atoms with van der Waals surface area (Å²) in [6, 6.07) is 12.6. The van der Waals surface area contributed by atoms with Gasteiger partial charge in [-0.3, -0.25) is 4.79 Å². The Kier molecular flexibility index (Phi) is 5.17. The monoisotopic (exact) mass is 364 g/mol. The van der Waals surface area contributed by atoms with Crippen molar-refractivity contribution < 1.29 is 9.53 Å². The third kappa shape index (κ3) is 4.13. The normalized spacial score (nSPS) is 17.1. The fourth-order valence-corrected chi connectivity index (χ4v) is 3.00. The van der Waals surface area contributed by atoms with Crippen LogP contribution in [0.4, 0.5) is 5.69 Å². The fraction of sp³-hybridized carbons (Fsp3) is 0.278. The Balaban J connectivity index is 1.55. The van der Waals surface area contributed by atoms with Crippen molar-refractivity contribution in [1.29, 1.82) is 0 Å². The Morgan fingerprint density at radius 3 is 2.62 bits per heavy atom. The number of hydrogen-bond donors (Lipinski definition) is 1. The van der Waals surface area contributed by atoms with Gasteiger partial charge in [0.2, 0.25) is 5.91 Å². The van der Waals surface area contributed by atoms with Crippen LogP contribution in [-0.4, -0.2) is 30.0 Å². The molecule has 1 atom stereocenters. The maximum Gasteiger partial charge on any atom is 0.227 e. The minimum absolute atomic E-state index is 0.0300. The molecule has 6 heteroatoms. The fourth-order valence-electron chi connectivity index (χ4n) is 2.72. The Morgan fingerprint density at radius 1 is 1.17 bits per heavy atom. The molecule has 126 valence electrons. The maximum absolute atomic E-state index is 12.4. The van der Waals surface area contributed by atoms with Gasteiger partial charge in [0.1, 0.15) is 11.9 Å². The number of ether oxygens (including phenoxy) is 1. The summed E-state index contributed by atoms with van der Waals surface area (Å²) >= 11 is 11.9. The number of nitrogens with two attached hydrogens (primary N) is 1. The maximum atomic E-state index is 12.4. The molecule has 2 N–H and O–H groups in total. The Bertz CT molecular complexity index is 734. The van der Waals surface area contributed by atoms with E-state index in [1.54, 1.807) is 18.2 Å². The molecule has 0 radical (unpaired) electrons. The van der Waals surface area contributed by atoms with E-state index in [1.165, 1.54) is 0 Å². The quantitative estimate of drug-likeness (QED) is 0.839. The van der Waals surface area contributed by atoms with Crippen LogP contribution in [0.5, 0.6) is 5.75 Å². The van der Waals surface area contributed by atoms with Crippen LogP contribution in [0, 0.1) is 0 Å². The molecule has 24 heavy (non-hydrogen) atoms. The summed E-state index contributed by atoms with van der Waals surface area (Å²) in [6.45, 7) is 1.27. The van der Waals surface area contributed by atoms with E-state index in [2.05, 4.69) is 0 Å². The number of carbonyl (C=O) groups is 1. The molecular weight excluding hydrogens is 347 g/mol. The highest BCUT2D eigenvalue weighted by atomic mass is 35.5. The van der Waals surface area contributed by atoms with Gasteiger partial charge in [0.15, 0.2) is 0 Å². The number of carbonyl (C=O) groups excluding carboxylic acids is 1. The largest absolute Gasteiger partial charge is 0.488 e. The highest BCUT2D eigenvalue weighted by Crippen LogP contribution is 2.28. The first-order chi connectivity index (χ1) is 11.5. The summed E-state index contributed by atoms with van der Waals surface area (Å²) in [7, 11) is 0. The molecule has 2 aromatic carbocycles. The van der Waals surface area contributed by atoms with Crippen LogP contribution in [0.3, 0.4) is 0 Å². The summed E-state index contributed by atoms with van der Waals surface area (Å²) in [5, 5.41) is 0.958. The zero-order chi connectivity index (χ0) is 17.1. The second kappa shape index (κ2) is 7.32. The Labute approximate surface area is 151 Å². The molecule has 1 saturated heterocycles. The second-order valence-corrected chi connectivity index (χ2v) is 6.68. The molecule has 1 unspecified atom stereocenters. The molecule has 0 aromatic heterocycles. The molecule has 4 nitrogen and oxygen atoms in total. The van der Waals surface area contributed by atoms with Crippen LogP contribution in [-0.2, 0) is 11.2 Å². The molecule has 2 aromatic rings. The van der Waals surface area contributed by atoms with Gasteiger partial charge in [-0.25, -0.2) is 0 Å². The van der Waals surface area contributed by atoms with Crippen LogP contribution in [0.2, 0.25) is 10.0 Å². The van der Waals surface area contributed by atoms with Crippen molar-refractivity contribution in [2.24, 2.45) is 0 Å². The molecule has 0 aliphatic carbocycles. The average molecular weight is 365 g/mol. The summed E-state index contributed by atoms with van der Waals surface area (Å²) in [4.78, 5) is 14.2. The zero-order valence-electron chi connectivity index (χ0n) is 13.0. The van der Waals surface area contributed by atoms with E-state index in [9.17, 15) is 4.79 Å². The van der Waals surface area contributed by atoms with Crippen molar-refractivity contribution in [3.8, 4) is 5.75 Å². The highest BCUT2D eigenvalue weighted by molar-refractivity contribution is 6.42. The van der Waals surface area contributed by atoms with E-state index >= 15 is 0 Å². The standard InChI is InChI=1S/C18H18Cl2N2O2/c19-16-6-5-14(10-17(16)20)24-15-7-8-22(11-15)18(23)9-12-1-3-13(21)4-2-12/h1-6,10,15H,7-9,11,21H2. The van der Waals surface area contributed by atoms with Gasteiger partial charge in [0, 0.05) is 24.7 Å². The van der Waals surface area contributed by atoms with Crippen molar-refractivity contribution >= 4 is 34.8 Å². The number of amides is 1. The smallest absolute Gasteiger partial charge is 0.227 e. The van der Waals surface area contributed by atoms with Gasteiger partial charge in [-0.15, -0.1) is 0 Å². The molecular formula is C18H18Cl2N2O2. The van der Waals surface area contributed by atoms with E-state index in [4.69, 9.17) is 33.7 Å². The van der Waals surface area contributed by atoms with Gasteiger partial charge < -0.3 is 15.4 Å². The predicted molar refractivity (Wildman–Crippen MR) is 96.6 cm³/mol. The lowest BCUT2D eigenvalue weighted by Crippen LogP contribution is -2.32. The van der Waals surface area contributed by atoms with Gasteiger partial charge in [-0.1, -0.05) is 35.3 Å². The minimum Gasteiger partial charge on any atom is -0.488 e. The number of hydrogen-bond acceptors (Lipinski definition) is 3. The zero-order valence-corrected chi connectivity index (χ0v) is 14.6. The lowest BCUT2D eigenvalue weighted by atomic mass is 10.1. The van der Waals surface area contributed by atoms with Crippen LogP contribution in [0.25, 0.3) is 0 Å². The van der Waals surface area contributed by atoms with Crippen molar-refractivity contribution in [3.05, 3.63) is 58.1 Å². The number of nitrogen functional groups attached to an aromatic ring is 1. The molecule has 0 bridgehead atoms. The summed E-state index contributed by atoms with van der Waals surface area (Å²) in [6.07, 6.45) is 1.14. The molecule has 1 amide bonds. The third-order valence-electron chi connectivity index (χ3n) is 4.03. The Hall–Kier alpha value is -1.91. The average Bonchev–Trinajstić information content (AvgIpc) is 3.02. The molecule has 0 spiro atoms. The SMILES string of the molecule is Nc1ccc(CC(=O)N2CCC(Oc3ccc(Cl)c(Cl)c3)C2)cc1. The number of rotatable bonds is 4. The molecule has 3 rings (SSSR count). The van der Waals surface area contributed by atoms with Crippen LogP contribution in [0.1, 0.15) is 12.0 Å². The van der Waals surface area contributed by atoms with E-state index in [0.29, 0.717) is 41.0 Å². The van der Waals surface area contributed by atoms with Gasteiger partial charge in [-0.05, 0) is 29.8 Å². The van der Waals surface area contributed by atoms with Gasteiger partial charge in [0.05, 0.1) is 23.0 Å². The summed E-state index contributed by atoms with van der Waals surface area (Å²) < 4.78 is 5.90. The number of halogens is 2. The highest BCUT2D eigenvalue weighted by Gasteiger charge is 2.27. The van der Waals surface area contributed by atoms with Crippen molar-refractivity contribution in [3.63, 3.8) is 0 Å². The van der Waals surface area contributed by atoms with E-state index in [0.717, 1.165) is 12.0 Å². The number of anilines is 1. The lowest BCUT2D eigenvalue weighted by Gasteiger charge is -2.17. The lowest BCUT2D eigenvalue weighted by molar-refractivity contribution is -0.129. The van der Waals surface area contributed by atoms with Crippen molar-refractivity contribution in [2.45, 2.75) is 18.9 Å². The van der Waals surface area contributed by atoms with E-state index in [-0.39, 0.29) is 12.0 Å². The van der Waals surface area contributed by atoms with Crippen molar-refractivity contribution in [2.75, 3.05) is 18.8 Å². The van der Waals surface area contributed by atoms with E-state index < -0.39 is 0 Å². The minimum atomic E-state index is -0.0300. The third-order valence-corrected chi connectivity index (χ3v) is 4.77. The van der Waals surface area contributed by atoms with Crippen molar-refractivity contribution in [1.82, 2.24) is 4.90 Å². The number of nitrogens with zero attached hydrogens (tertiary/aromatic N) is 1. The van der Waals surface area contributed by atoms with Crippen LogP contribution < -0.4 is 10.5 Å². The second-order valence-electron chi connectivity index (χ2n) is 5.86. The van der Waals surface area contributed by atoms with Crippen LogP contribution >= 0.6 is 23.2 Å². The number of benzene rings is 2. The first-order valence-electron chi connectivity index (χ1n) is 7.75. The Morgan fingerprint density at radius 2 is 1.92 bits per heavy atom. The molecule has 1 fully saturated rings. The van der Waals surface area contributed by atoms with Gasteiger partial charge >= 0.3 is 0 Å². The molecule has 1 aliphatic rings. The topological polar surface area (TPSA) is 55.6 Å². The molecule has 1 aliphatic heterocycles. The van der Waals surface area contributed by atoms with Crippen LogP contribution in [0.15, 0.2) is 42.5 Å². The number of likely N-dealkylation sites (tertiary alicyclic amines) is 1. The molecule has 1 heterocycles. The van der Waals surface area contributed by atoms with Gasteiger partial charge in [-0.2, -0.15) is 0 Å². The summed E-state index contributed by atoms with van der Waals surface area (Å²) in [5.74, 6) is 0.766. The predicted octanol–water partition coefficient (Wildman–Crippen LogP) is 3.80. The van der Waals surface area contributed by atoms with E-state index in [1.807, 2.05) is 29.2 Å². The summed E-state index contributed by atoms with van der Waals surface area (Å²) in [5.41, 5.74) is 7.32.